The van der Waals surface area contributed by atoms with Crippen LogP contribution in [0.1, 0.15) is 64.4 Å². The molecule has 0 aliphatic heterocycles. The Kier molecular flexibility index (Phi) is 13.0. The zero-order valence-electron chi connectivity index (χ0n) is 20.2. The van der Waals surface area contributed by atoms with E-state index < -0.39 is 12.1 Å². The molecular weight excluding hydrogens is 416 g/mol. The van der Waals surface area contributed by atoms with E-state index in [1.165, 1.54) is 38.5 Å². The summed E-state index contributed by atoms with van der Waals surface area (Å²) in [7, 11) is 0. The number of carboxylic acid groups (broad SMARTS) is 1. The average molecular weight is 457 g/mol. The molecule has 182 valence electrons. The molecule has 0 amide bonds. The lowest BCUT2D eigenvalue weighted by molar-refractivity contribution is -0.149. The Labute approximate surface area is 198 Å². The Morgan fingerprint density at radius 2 is 1.79 bits per heavy atom. The number of rotatable bonds is 18. The van der Waals surface area contributed by atoms with Gasteiger partial charge in [0.15, 0.2) is 6.10 Å². The quantitative estimate of drug-likeness (QED) is 0.288. The van der Waals surface area contributed by atoms with Crippen LogP contribution in [0.2, 0.25) is 0 Å². The number of unbranched alkanes of at least 4 members (excludes halogenated alkanes) is 6. The maximum atomic E-state index is 11.4. The Morgan fingerprint density at radius 1 is 1.00 bits per heavy atom. The maximum absolute atomic E-state index is 11.4. The first-order valence-electron chi connectivity index (χ1n) is 12.4. The summed E-state index contributed by atoms with van der Waals surface area (Å²) in [5, 5.41) is 9.32. The molecule has 1 unspecified atom stereocenters. The molecule has 0 bridgehead atoms. The molecule has 1 N–H and O–H groups in total. The van der Waals surface area contributed by atoms with Crippen molar-refractivity contribution in [1.82, 2.24) is 4.98 Å². The summed E-state index contributed by atoms with van der Waals surface area (Å²) >= 11 is 0. The largest absolute Gasteiger partial charge is 0.492 e. The van der Waals surface area contributed by atoms with Crippen molar-refractivity contribution in [3.8, 4) is 5.75 Å². The second kappa shape index (κ2) is 16.1. The first-order chi connectivity index (χ1) is 16.1. The highest BCUT2D eigenvalue weighted by Crippen LogP contribution is 2.17. The van der Waals surface area contributed by atoms with Gasteiger partial charge in [-0.15, -0.1) is 0 Å². The van der Waals surface area contributed by atoms with Crippen LogP contribution in [-0.4, -0.2) is 48.5 Å². The summed E-state index contributed by atoms with van der Waals surface area (Å²) in [6, 6.07) is 13.6. The third-order valence-corrected chi connectivity index (χ3v) is 5.60. The molecule has 1 aromatic heterocycles. The predicted molar refractivity (Wildman–Crippen MR) is 133 cm³/mol. The molecule has 2 rings (SSSR count). The zero-order chi connectivity index (χ0) is 23.7. The number of hydrogen-bond donors (Lipinski definition) is 1. The fourth-order valence-electron chi connectivity index (χ4n) is 3.81. The fraction of sp³-hybridized carbons (Fsp3) is 0.556. The van der Waals surface area contributed by atoms with Gasteiger partial charge in [0.25, 0.3) is 0 Å². The molecule has 0 aliphatic rings. The Bertz CT molecular complexity index is 785. The topological polar surface area (TPSA) is 71.9 Å². The molecule has 6 nitrogen and oxygen atoms in total. The number of ether oxygens (including phenoxy) is 2. The number of anilines is 1. The average Bonchev–Trinajstić information content (AvgIpc) is 2.83. The lowest BCUT2D eigenvalue weighted by atomic mass is 10.1. The van der Waals surface area contributed by atoms with Gasteiger partial charge in [0.1, 0.15) is 18.2 Å². The molecule has 2 aromatic rings. The third kappa shape index (κ3) is 10.7. The van der Waals surface area contributed by atoms with E-state index in [-0.39, 0.29) is 0 Å². The van der Waals surface area contributed by atoms with E-state index in [0.717, 1.165) is 36.6 Å². The van der Waals surface area contributed by atoms with Gasteiger partial charge in [-0.25, -0.2) is 9.78 Å². The van der Waals surface area contributed by atoms with Gasteiger partial charge in [-0.05, 0) is 43.2 Å². The first-order valence-corrected chi connectivity index (χ1v) is 12.4. The van der Waals surface area contributed by atoms with Crippen LogP contribution in [0.4, 0.5) is 5.82 Å². The molecule has 1 aromatic carbocycles. The van der Waals surface area contributed by atoms with Gasteiger partial charge < -0.3 is 19.5 Å². The van der Waals surface area contributed by atoms with Crippen molar-refractivity contribution < 1.29 is 19.4 Å². The normalized spacial score (nSPS) is 11.8. The molecule has 0 fully saturated rings. The SMILES string of the molecule is CCCCCCCCCN(CCOc1cccc(CC(OCC)C(=O)O)c1)c1ccccn1. The Balaban J connectivity index is 1.85. The smallest absolute Gasteiger partial charge is 0.333 e. The van der Waals surface area contributed by atoms with Gasteiger partial charge in [-0.1, -0.05) is 63.6 Å². The summed E-state index contributed by atoms with van der Waals surface area (Å²) in [6.45, 7) is 6.65. The van der Waals surface area contributed by atoms with Crippen molar-refractivity contribution in [3.63, 3.8) is 0 Å². The van der Waals surface area contributed by atoms with Crippen LogP contribution in [0, 0.1) is 0 Å². The number of aromatic nitrogens is 1. The summed E-state index contributed by atoms with van der Waals surface area (Å²) in [5.74, 6) is 0.770. The van der Waals surface area contributed by atoms with Crippen molar-refractivity contribution in [2.24, 2.45) is 0 Å². The second-order valence-corrected chi connectivity index (χ2v) is 8.28. The number of hydrogen-bond acceptors (Lipinski definition) is 5. The lowest BCUT2D eigenvalue weighted by Gasteiger charge is -2.24. The minimum absolute atomic E-state index is 0.318. The molecule has 0 spiro atoms. The number of benzene rings is 1. The number of nitrogens with zero attached hydrogens (tertiary/aromatic N) is 2. The molecule has 1 atom stereocenters. The van der Waals surface area contributed by atoms with E-state index >= 15 is 0 Å². The van der Waals surface area contributed by atoms with Gasteiger partial charge >= 0.3 is 5.97 Å². The minimum atomic E-state index is -0.945. The summed E-state index contributed by atoms with van der Waals surface area (Å²) in [6.07, 6.45) is 10.3. The number of carboxylic acids is 1. The maximum Gasteiger partial charge on any atom is 0.333 e. The molecule has 0 radical (unpaired) electrons. The highest BCUT2D eigenvalue weighted by Gasteiger charge is 2.18. The van der Waals surface area contributed by atoms with Crippen LogP contribution in [-0.2, 0) is 16.0 Å². The van der Waals surface area contributed by atoms with Gasteiger partial charge in [-0.3, -0.25) is 0 Å². The predicted octanol–water partition coefficient (Wildman–Crippen LogP) is 5.75. The summed E-state index contributed by atoms with van der Waals surface area (Å²) in [5.41, 5.74) is 0.887. The molecule has 0 aliphatic carbocycles. The fourth-order valence-corrected chi connectivity index (χ4v) is 3.81. The van der Waals surface area contributed by atoms with Gasteiger partial charge in [-0.2, -0.15) is 0 Å². The van der Waals surface area contributed by atoms with E-state index in [9.17, 15) is 9.90 Å². The van der Waals surface area contributed by atoms with Crippen LogP contribution < -0.4 is 9.64 Å². The number of aliphatic carboxylic acids is 1. The molecule has 6 heteroatoms. The molecule has 33 heavy (non-hydrogen) atoms. The van der Waals surface area contributed by atoms with Crippen LogP contribution in [0.3, 0.4) is 0 Å². The highest BCUT2D eigenvalue weighted by atomic mass is 16.5. The van der Waals surface area contributed by atoms with Crippen molar-refractivity contribution in [2.45, 2.75) is 71.3 Å². The molecular formula is C27H40N2O4. The lowest BCUT2D eigenvalue weighted by Crippen LogP contribution is -2.30. The first kappa shape index (κ1) is 26.7. The third-order valence-electron chi connectivity index (χ3n) is 5.60. The number of carbonyl (C=O) groups is 1. The monoisotopic (exact) mass is 456 g/mol. The summed E-state index contributed by atoms with van der Waals surface area (Å²) in [4.78, 5) is 18.2. The van der Waals surface area contributed by atoms with Crippen molar-refractivity contribution in [2.75, 3.05) is 31.2 Å². The number of pyridine rings is 1. The van der Waals surface area contributed by atoms with Crippen LogP contribution >= 0.6 is 0 Å². The molecule has 1 heterocycles. The van der Waals surface area contributed by atoms with E-state index in [1.807, 2.05) is 48.7 Å². The van der Waals surface area contributed by atoms with E-state index in [0.29, 0.717) is 19.6 Å². The van der Waals surface area contributed by atoms with Gasteiger partial charge in [0.2, 0.25) is 0 Å². The zero-order valence-corrected chi connectivity index (χ0v) is 20.2. The standard InChI is InChI=1S/C27H40N2O4/c1-3-5-6-7-8-9-12-18-29(26-16-10-11-17-28-26)19-20-33-24-15-13-14-23(21-24)22-25(27(30)31)32-4-2/h10-11,13-17,21,25H,3-9,12,18-20,22H2,1-2H3,(H,30,31). The van der Waals surface area contributed by atoms with Crippen molar-refractivity contribution in [3.05, 3.63) is 54.2 Å². The Hall–Kier alpha value is -2.60. The molecule has 0 saturated heterocycles. The van der Waals surface area contributed by atoms with Gasteiger partial charge in [0, 0.05) is 25.8 Å². The van der Waals surface area contributed by atoms with Crippen LogP contribution in [0.15, 0.2) is 48.7 Å². The van der Waals surface area contributed by atoms with E-state index in [1.54, 1.807) is 6.92 Å². The highest BCUT2D eigenvalue weighted by molar-refractivity contribution is 5.72. The van der Waals surface area contributed by atoms with Crippen molar-refractivity contribution >= 4 is 11.8 Å². The van der Waals surface area contributed by atoms with E-state index in [2.05, 4.69) is 16.8 Å². The van der Waals surface area contributed by atoms with Crippen LogP contribution in [0.5, 0.6) is 5.75 Å². The van der Waals surface area contributed by atoms with Gasteiger partial charge in [0.05, 0.1) is 6.54 Å². The Morgan fingerprint density at radius 3 is 2.48 bits per heavy atom. The van der Waals surface area contributed by atoms with E-state index in [4.69, 9.17) is 9.47 Å². The second-order valence-electron chi connectivity index (χ2n) is 8.28. The van der Waals surface area contributed by atoms with Crippen LogP contribution in [0.25, 0.3) is 0 Å². The van der Waals surface area contributed by atoms with Crippen molar-refractivity contribution in [1.29, 1.82) is 0 Å². The molecule has 0 saturated carbocycles. The summed E-state index contributed by atoms with van der Waals surface area (Å²) < 4.78 is 11.3. The minimum Gasteiger partial charge on any atom is -0.492 e.